The molecule has 24 heavy (non-hydrogen) atoms. The number of benzene rings is 1. The Balaban J connectivity index is 1.65. The van der Waals surface area contributed by atoms with Gasteiger partial charge in [-0.25, -0.2) is 0 Å². The molecule has 1 saturated heterocycles. The fourth-order valence-corrected chi connectivity index (χ4v) is 4.68. The van der Waals surface area contributed by atoms with Gasteiger partial charge in [0, 0.05) is 18.0 Å². The fourth-order valence-electron chi connectivity index (χ4n) is 3.45. The van der Waals surface area contributed by atoms with E-state index in [1.807, 2.05) is 0 Å². The van der Waals surface area contributed by atoms with Gasteiger partial charge in [-0.1, -0.05) is 5.16 Å². The molecule has 1 fully saturated rings. The summed E-state index contributed by atoms with van der Waals surface area (Å²) in [5.74, 6) is 1.56. The molecule has 128 valence electrons. The first-order valence-corrected chi connectivity index (χ1v) is 9.25. The predicted octanol–water partition coefficient (Wildman–Crippen LogP) is 1.90. The van der Waals surface area contributed by atoms with Gasteiger partial charge in [0.25, 0.3) is 0 Å². The first-order chi connectivity index (χ1) is 11.5. The van der Waals surface area contributed by atoms with Crippen LogP contribution in [0.3, 0.4) is 0 Å². The Bertz CT molecular complexity index is 870. The molecule has 2 aliphatic heterocycles. The van der Waals surface area contributed by atoms with Crippen LogP contribution in [0.1, 0.15) is 29.4 Å². The zero-order chi connectivity index (χ0) is 16.9. The molecule has 3 heterocycles. The number of aryl methyl sites for hydroxylation is 2. The summed E-state index contributed by atoms with van der Waals surface area (Å²) in [5.41, 5.74) is 1.29. The number of ether oxygens (including phenoxy) is 1. The van der Waals surface area contributed by atoms with Crippen LogP contribution >= 0.6 is 0 Å². The maximum absolute atomic E-state index is 12.5. The molecule has 1 aromatic heterocycles. The van der Waals surface area contributed by atoms with Gasteiger partial charge in [-0.3, -0.25) is 0 Å². The lowest BCUT2D eigenvalue weighted by Crippen LogP contribution is -2.39. The van der Waals surface area contributed by atoms with E-state index in [-0.39, 0.29) is 34.1 Å². The first-order valence-electron chi connectivity index (χ1n) is 7.84. The fraction of sp³-hybridized carbons (Fsp3) is 0.438. The lowest BCUT2D eigenvalue weighted by molar-refractivity contribution is 0.177. The summed E-state index contributed by atoms with van der Waals surface area (Å²) in [6, 6.07) is 5.15. The van der Waals surface area contributed by atoms with Crippen LogP contribution in [0.25, 0.3) is 0 Å². The average Bonchev–Trinajstić information content (AvgIpc) is 3.07. The van der Waals surface area contributed by atoms with Crippen molar-refractivity contribution in [2.24, 2.45) is 0 Å². The highest BCUT2D eigenvalue weighted by Crippen LogP contribution is 2.43. The van der Waals surface area contributed by atoms with E-state index < -0.39 is 10.1 Å². The van der Waals surface area contributed by atoms with Gasteiger partial charge in [-0.15, -0.1) is 0 Å². The van der Waals surface area contributed by atoms with Crippen LogP contribution in [0.2, 0.25) is 0 Å². The summed E-state index contributed by atoms with van der Waals surface area (Å²) in [6.45, 7) is 4.84. The summed E-state index contributed by atoms with van der Waals surface area (Å²) in [5, 5.41) is 6.98. The van der Waals surface area contributed by atoms with Crippen LogP contribution in [0.5, 0.6) is 11.5 Å². The summed E-state index contributed by atoms with van der Waals surface area (Å²) in [6.07, 6.45) is 1.06. The Morgan fingerprint density at radius 1 is 1.33 bits per heavy atom. The maximum Gasteiger partial charge on any atom is 0.344 e. The second kappa shape index (κ2) is 5.49. The number of aromatic nitrogens is 1. The first kappa shape index (κ1) is 15.5. The summed E-state index contributed by atoms with van der Waals surface area (Å²) >= 11 is 0. The second-order valence-electron chi connectivity index (χ2n) is 6.15. The predicted molar refractivity (Wildman–Crippen MR) is 84.9 cm³/mol. The van der Waals surface area contributed by atoms with Gasteiger partial charge >= 0.3 is 10.1 Å². The molecule has 2 aliphatic rings. The van der Waals surface area contributed by atoms with Crippen LogP contribution in [-0.4, -0.2) is 32.8 Å². The molecular formula is C16H18N2O5S. The zero-order valence-electron chi connectivity index (χ0n) is 13.4. The van der Waals surface area contributed by atoms with Crippen molar-refractivity contribution in [1.82, 2.24) is 10.5 Å². The van der Waals surface area contributed by atoms with E-state index in [1.165, 1.54) is 0 Å². The largest absolute Gasteiger partial charge is 0.488 e. The number of hydrogen-bond donors (Lipinski definition) is 1. The smallest absolute Gasteiger partial charge is 0.344 e. The Hall–Kier alpha value is -2.06. The molecule has 0 saturated carbocycles. The van der Waals surface area contributed by atoms with Crippen LogP contribution in [0, 0.1) is 13.8 Å². The van der Waals surface area contributed by atoms with Gasteiger partial charge in [-0.05, 0) is 45.0 Å². The van der Waals surface area contributed by atoms with Crippen LogP contribution in [-0.2, 0) is 10.1 Å². The summed E-state index contributed by atoms with van der Waals surface area (Å²) < 4.78 is 41.2. The van der Waals surface area contributed by atoms with Crippen molar-refractivity contribution >= 4 is 10.1 Å². The molecule has 0 amide bonds. The number of hydrogen-bond acceptors (Lipinski definition) is 7. The quantitative estimate of drug-likeness (QED) is 0.845. The minimum absolute atomic E-state index is 0.0148. The minimum Gasteiger partial charge on any atom is -0.488 e. The van der Waals surface area contributed by atoms with Gasteiger partial charge in [0.05, 0.1) is 0 Å². The lowest BCUT2D eigenvalue weighted by atomic mass is 9.90. The van der Waals surface area contributed by atoms with E-state index in [9.17, 15) is 8.42 Å². The van der Waals surface area contributed by atoms with Crippen molar-refractivity contribution in [2.45, 2.75) is 37.2 Å². The van der Waals surface area contributed by atoms with Crippen LogP contribution < -0.4 is 14.2 Å². The Labute approximate surface area is 140 Å². The van der Waals surface area contributed by atoms with Gasteiger partial charge in [0.15, 0.2) is 10.7 Å². The minimum atomic E-state index is -3.99. The van der Waals surface area contributed by atoms with Gasteiger partial charge in [-0.2, -0.15) is 8.42 Å². The van der Waals surface area contributed by atoms with Crippen LogP contribution in [0.4, 0.5) is 0 Å². The number of fused-ring (bicyclic) bond motifs is 3. The highest BCUT2D eigenvalue weighted by atomic mass is 32.2. The molecule has 8 heteroatoms. The number of rotatable bonds is 3. The highest BCUT2D eigenvalue weighted by Gasteiger charge is 2.36. The summed E-state index contributed by atoms with van der Waals surface area (Å²) in [7, 11) is -3.99. The van der Waals surface area contributed by atoms with Gasteiger partial charge in [0.1, 0.15) is 23.3 Å². The van der Waals surface area contributed by atoms with E-state index >= 15 is 0 Å². The number of nitrogens with zero attached hydrogens (tertiary/aromatic N) is 1. The van der Waals surface area contributed by atoms with Crippen molar-refractivity contribution in [2.75, 3.05) is 13.1 Å². The topological polar surface area (TPSA) is 90.7 Å². The molecule has 2 unspecified atom stereocenters. The molecular weight excluding hydrogens is 332 g/mol. The van der Waals surface area contributed by atoms with Gasteiger partial charge in [0.2, 0.25) is 0 Å². The average molecular weight is 350 g/mol. The molecule has 7 nitrogen and oxygen atoms in total. The molecule has 0 radical (unpaired) electrons. The number of piperidine rings is 1. The molecule has 1 N–H and O–H groups in total. The van der Waals surface area contributed by atoms with Crippen molar-refractivity contribution in [3.63, 3.8) is 0 Å². The molecule has 1 aromatic carbocycles. The van der Waals surface area contributed by atoms with E-state index in [4.69, 9.17) is 13.4 Å². The lowest BCUT2D eigenvalue weighted by Gasteiger charge is -2.24. The third kappa shape index (κ3) is 2.46. The van der Waals surface area contributed by atoms with Crippen molar-refractivity contribution in [1.29, 1.82) is 0 Å². The molecule has 0 bridgehead atoms. The number of nitrogens with one attached hydrogen (secondary N) is 1. The van der Waals surface area contributed by atoms with E-state index in [0.717, 1.165) is 30.8 Å². The van der Waals surface area contributed by atoms with Gasteiger partial charge < -0.3 is 18.8 Å². The molecule has 0 spiro atoms. The van der Waals surface area contributed by atoms with Crippen molar-refractivity contribution in [3.8, 4) is 11.5 Å². The Morgan fingerprint density at radius 3 is 2.92 bits per heavy atom. The van der Waals surface area contributed by atoms with Crippen LogP contribution in [0.15, 0.2) is 27.6 Å². The third-order valence-electron chi connectivity index (χ3n) is 4.51. The normalized spacial score (nSPS) is 22.6. The van der Waals surface area contributed by atoms with Crippen molar-refractivity contribution in [3.05, 3.63) is 35.2 Å². The third-order valence-corrected chi connectivity index (χ3v) is 6.00. The molecule has 2 aromatic rings. The van der Waals surface area contributed by atoms with Crippen molar-refractivity contribution < 1.29 is 21.9 Å². The Morgan fingerprint density at radius 2 is 2.17 bits per heavy atom. The molecule has 4 rings (SSSR count). The molecule has 0 aliphatic carbocycles. The standard InChI is InChI=1S/C16H18N2O5S/c1-9-16(10(2)22-18-9)24(19,20)23-11-3-4-14-13(7-11)12-5-6-17-8-15(12)21-14/h3-4,7,12,15,17H,5-6,8H2,1-2H3. The maximum atomic E-state index is 12.5. The second-order valence-corrected chi connectivity index (χ2v) is 7.63. The SMILES string of the molecule is Cc1noc(C)c1S(=O)(=O)Oc1ccc2c(c1)C1CCNCC1O2. The highest BCUT2D eigenvalue weighted by molar-refractivity contribution is 7.87. The molecule has 2 atom stereocenters. The van der Waals surface area contributed by atoms with E-state index in [0.29, 0.717) is 0 Å². The monoisotopic (exact) mass is 350 g/mol. The van der Waals surface area contributed by atoms with E-state index in [2.05, 4.69) is 10.5 Å². The Kier molecular flexibility index (Phi) is 3.54. The zero-order valence-corrected chi connectivity index (χ0v) is 14.2. The summed E-state index contributed by atoms with van der Waals surface area (Å²) in [4.78, 5) is -0.0148. The van der Waals surface area contributed by atoms with E-state index in [1.54, 1.807) is 32.0 Å².